The fourth-order valence-corrected chi connectivity index (χ4v) is 2.75. The Morgan fingerprint density at radius 2 is 1.88 bits per heavy atom. The molecule has 0 fully saturated rings. The van der Waals surface area contributed by atoms with Gasteiger partial charge in [0.15, 0.2) is 5.82 Å². The number of benzene rings is 2. The minimum atomic E-state index is -0.397. The van der Waals surface area contributed by atoms with Gasteiger partial charge in [-0.2, -0.15) is 5.10 Å². The summed E-state index contributed by atoms with van der Waals surface area (Å²) in [5, 5.41) is 9.74. The first kappa shape index (κ1) is 17.2. The van der Waals surface area contributed by atoms with Crippen LogP contribution in [-0.2, 0) is 6.54 Å². The average molecular weight is 403 g/mol. The highest BCUT2D eigenvalue weighted by molar-refractivity contribution is 9.10. The first-order valence-corrected chi connectivity index (χ1v) is 8.42. The number of aromatic nitrogens is 2. The molecule has 25 heavy (non-hydrogen) atoms. The topological polar surface area (TPSA) is 59.0 Å². The molecule has 1 aromatic heterocycles. The van der Waals surface area contributed by atoms with E-state index in [1.165, 1.54) is 6.07 Å². The summed E-state index contributed by atoms with van der Waals surface area (Å²) >= 11 is 3.36. The Morgan fingerprint density at radius 3 is 2.64 bits per heavy atom. The summed E-state index contributed by atoms with van der Waals surface area (Å²) in [5.41, 5.74) is 2.21. The largest absolute Gasteiger partial charge is 0.324 e. The Hall–Kier alpha value is -2.67. The number of anilines is 2. The minimum Gasteiger partial charge on any atom is -0.307 e. The van der Waals surface area contributed by atoms with Crippen LogP contribution in [0.5, 0.6) is 0 Å². The number of halogens is 2. The van der Waals surface area contributed by atoms with E-state index in [4.69, 9.17) is 0 Å². The van der Waals surface area contributed by atoms with Gasteiger partial charge >= 0.3 is 6.03 Å². The average Bonchev–Trinajstić information content (AvgIpc) is 2.91. The van der Waals surface area contributed by atoms with Crippen LogP contribution in [0.2, 0.25) is 0 Å². The number of urea groups is 1. The van der Waals surface area contributed by atoms with Gasteiger partial charge in [0.05, 0.1) is 11.0 Å². The van der Waals surface area contributed by atoms with Crippen LogP contribution in [0.25, 0.3) is 0 Å². The molecule has 0 unspecified atom stereocenters. The zero-order valence-electron chi connectivity index (χ0n) is 13.5. The molecule has 2 aromatic carbocycles. The van der Waals surface area contributed by atoms with Crippen LogP contribution < -0.4 is 10.6 Å². The van der Waals surface area contributed by atoms with E-state index in [9.17, 15) is 9.18 Å². The second-order valence-corrected chi connectivity index (χ2v) is 6.36. The van der Waals surface area contributed by atoms with E-state index >= 15 is 0 Å². The SMILES string of the molecule is Cc1ccccc1NC(=O)Nc1nn(Cc2ccccc2F)cc1Br. The van der Waals surface area contributed by atoms with Crippen LogP contribution in [0, 0.1) is 12.7 Å². The van der Waals surface area contributed by atoms with Gasteiger partial charge in [-0.15, -0.1) is 0 Å². The van der Waals surface area contributed by atoms with Crippen molar-refractivity contribution in [2.24, 2.45) is 0 Å². The molecule has 0 aliphatic carbocycles. The lowest BCUT2D eigenvalue weighted by molar-refractivity contribution is 0.262. The van der Waals surface area contributed by atoms with Crippen molar-refractivity contribution in [3.05, 3.63) is 76.1 Å². The van der Waals surface area contributed by atoms with Crippen molar-refractivity contribution in [2.75, 3.05) is 10.6 Å². The summed E-state index contributed by atoms with van der Waals surface area (Å²) < 4.78 is 15.9. The lowest BCUT2D eigenvalue weighted by Crippen LogP contribution is -2.20. The normalized spacial score (nSPS) is 10.5. The molecule has 0 radical (unpaired) electrons. The molecule has 0 spiro atoms. The van der Waals surface area contributed by atoms with Crippen LogP contribution in [0.15, 0.2) is 59.2 Å². The van der Waals surface area contributed by atoms with E-state index in [-0.39, 0.29) is 12.4 Å². The van der Waals surface area contributed by atoms with E-state index in [2.05, 4.69) is 31.7 Å². The smallest absolute Gasteiger partial charge is 0.307 e. The highest BCUT2D eigenvalue weighted by Crippen LogP contribution is 2.22. The molecule has 128 valence electrons. The van der Waals surface area contributed by atoms with Gasteiger partial charge in [-0.05, 0) is 40.5 Å². The maximum atomic E-state index is 13.7. The summed E-state index contributed by atoms with van der Waals surface area (Å²) in [6.07, 6.45) is 1.69. The number of amides is 2. The van der Waals surface area contributed by atoms with Gasteiger partial charge in [0.2, 0.25) is 0 Å². The number of para-hydroxylation sites is 1. The monoisotopic (exact) mass is 402 g/mol. The van der Waals surface area contributed by atoms with Crippen molar-refractivity contribution in [1.29, 1.82) is 0 Å². The van der Waals surface area contributed by atoms with Crippen LogP contribution in [-0.4, -0.2) is 15.8 Å². The van der Waals surface area contributed by atoms with E-state index < -0.39 is 6.03 Å². The van der Waals surface area contributed by atoms with Crippen LogP contribution in [0.4, 0.5) is 20.7 Å². The molecule has 0 saturated heterocycles. The number of carbonyl (C=O) groups excluding carboxylic acids is 1. The molecule has 0 aliphatic heterocycles. The third-order valence-electron chi connectivity index (χ3n) is 3.63. The maximum Gasteiger partial charge on any atom is 0.324 e. The second-order valence-electron chi connectivity index (χ2n) is 5.51. The molecule has 7 heteroatoms. The van der Waals surface area contributed by atoms with Gasteiger partial charge < -0.3 is 5.32 Å². The molecule has 3 rings (SSSR count). The van der Waals surface area contributed by atoms with Crippen molar-refractivity contribution in [1.82, 2.24) is 9.78 Å². The molecule has 0 saturated carbocycles. The number of hydrogen-bond donors (Lipinski definition) is 2. The molecule has 0 atom stereocenters. The zero-order chi connectivity index (χ0) is 17.8. The summed E-state index contributed by atoms with van der Waals surface area (Å²) in [6, 6.07) is 13.6. The van der Waals surface area contributed by atoms with Gasteiger partial charge in [-0.1, -0.05) is 36.4 Å². The minimum absolute atomic E-state index is 0.270. The van der Waals surface area contributed by atoms with E-state index in [1.807, 2.05) is 31.2 Å². The van der Waals surface area contributed by atoms with Crippen LogP contribution in [0.3, 0.4) is 0 Å². The first-order chi connectivity index (χ1) is 12.0. The Balaban J connectivity index is 1.69. The lowest BCUT2D eigenvalue weighted by Gasteiger charge is -2.08. The van der Waals surface area contributed by atoms with Crippen molar-refractivity contribution in [2.45, 2.75) is 13.5 Å². The number of carbonyl (C=O) groups is 1. The number of aryl methyl sites for hydroxylation is 1. The Bertz CT molecular complexity index is 910. The zero-order valence-corrected chi connectivity index (χ0v) is 15.0. The van der Waals surface area contributed by atoms with Crippen LogP contribution in [0.1, 0.15) is 11.1 Å². The highest BCUT2D eigenvalue weighted by atomic mass is 79.9. The molecule has 0 aliphatic rings. The standard InChI is InChI=1S/C18H16BrFN4O/c1-12-6-2-5-9-16(12)21-18(25)22-17-14(19)11-24(23-17)10-13-7-3-4-8-15(13)20/h2-9,11H,10H2,1H3,(H2,21,22,23,25). The maximum absolute atomic E-state index is 13.7. The molecular weight excluding hydrogens is 387 g/mol. The summed E-state index contributed by atoms with van der Waals surface area (Å²) in [7, 11) is 0. The predicted molar refractivity (Wildman–Crippen MR) is 99.2 cm³/mol. The van der Waals surface area contributed by atoms with Gasteiger partial charge in [0.1, 0.15) is 5.82 Å². The number of nitrogens with zero attached hydrogens (tertiary/aromatic N) is 2. The Kier molecular flexibility index (Phi) is 5.14. The van der Waals surface area contributed by atoms with Crippen molar-refractivity contribution in [3.8, 4) is 0 Å². The molecule has 2 amide bonds. The molecule has 1 heterocycles. The van der Waals surface area contributed by atoms with Crippen molar-refractivity contribution >= 4 is 33.5 Å². The number of hydrogen-bond acceptors (Lipinski definition) is 2. The molecule has 3 aromatic rings. The van der Waals surface area contributed by atoms with E-state index in [1.54, 1.807) is 29.1 Å². The van der Waals surface area contributed by atoms with Crippen molar-refractivity contribution < 1.29 is 9.18 Å². The third-order valence-corrected chi connectivity index (χ3v) is 4.21. The number of nitrogens with one attached hydrogen (secondary N) is 2. The fraction of sp³-hybridized carbons (Fsp3) is 0.111. The van der Waals surface area contributed by atoms with E-state index in [0.717, 1.165) is 11.3 Å². The molecular formula is C18H16BrFN4O. The van der Waals surface area contributed by atoms with E-state index in [0.29, 0.717) is 15.9 Å². The van der Waals surface area contributed by atoms with Crippen LogP contribution >= 0.6 is 15.9 Å². The summed E-state index contributed by atoms with van der Waals surface area (Å²) in [4.78, 5) is 12.2. The third kappa shape index (κ3) is 4.24. The number of rotatable bonds is 4. The van der Waals surface area contributed by atoms with Crippen molar-refractivity contribution in [3.63, 3.8) is 0 Å². The Morgan fingerprint density at radius 1 is 1.16 bits per heavy atom. The lowest BCUT2D eigenvalue weighted by atomic mass is 10.2. The van der Waals surface area contributed by atoms with Gasteiger partial charge in [0.25, 0.3) is 0 Å². The first-order valence-electron chi connectivity index (χ1n) is 7.63. The van der Waals surface area contributed by atoms with Gasteiger partial charge in [0, 0.05) is 17.4 Å². The second kappa shape index (κ2) is 7.48. The van der Waals surface area contributed by atoms with Gasteiger partial charge in [-0.25, -0.2) is 9.18 Å². The highest BCUT2D eigenvalue weighted by Gasteiger charge is 2.12. The summed E-state index contributed by atoms with van der Waals surface area (Å²) in [5.74, 6) is 0.0725. The Labute approximate surface area is 153 Å². The quantitative estimate of drug-likeness (QED) is 0.659. The van der Waals surface area contributed by atoms with Gasteiger partial charge in [-0.3, -0.25) is 10.00 Å². The molecule has 2 N–H and O–H groups in total. The fourth-order valence-electron chi connectivity index (χ4n) is 2.34. The summed E-state index contributed by atoms with van der Waals surface area (Å²) in [6.45, 7) is 2.18. The predicted octanol–water partition coefficient (Wildman–Crippen LogP) is 4.79. The molecule has 0 bridgehead atoms. The molecule has 5 nitrogen and oxygen atoms in total.